The number of hydrogen-bond acceptors (Lipinski definition) is 6. The van der Waals surface area contributed by atoms with Gasteiger partial charge in [-0.05, 0) is 42.7 Å². The van der Waals surface area contributed by atoms with Crippen molar-refractivity contribution >= 4 is 11.0 Å². The van der Waals surface area contributed by atoms with Crippen LogP contribution in [0.3, 0.4) is 0 Å². The smallest absolute Gasteiger partial charge is 0.204 e. The van der Waals surface area contributed by atoms with Gasteiger partial charge in [-0.1, -0.05) is 6.07 Å². The van der Waals surface area contributed by atoms with Crippen LogP contribution in [0.25, 0.3) is 11.0 Å². The molecule has 156 valence electrons. The number of fused-ring (bicyclic) bond motifs is 2. The molecule has 1 atom stereocenters. The summed E-state index contributed by atoms with van der Waals surface area (Å²) >= 11 is 0. The standard InChI is InChI=1S/C24H22N4O3/c1-29-21-8-15(12-28-14-27-19-11-25-7-6-20(19)28)9-22-24(21)31-23(13-30-22)17-4-5-18(26-10-17)16-2-3-16/h4-11,14,16,23H,2-3,12-13H2,1H3. The molecular formula is C24H22N4O3. The van der Waals surface area contributed by atoms with Crippen LogP contribution in [-0.2, 0) is 6.54 Å². The normalized spacial score (nSPS) is 17.6. The molecule has 1 aliphatic carbocycles. The van der Waals surface area contributed by atoms with Crippen molar-refractivity contribution < 1.29 is 14.2 Å². The Hall–Kier alpha value is -3.61. The van der Waals surface area contributed by atoms with E-state index < -0.39 is 0 Å². The Morgan fingerprint density at radius 3 is 2.87 bits per heavy atom. The summed E-state index contributed by atoms with van der Waals surface area (Å²) in [6.45, 7) is 1.08. The van der Waals surface area contributed by atoms with E-state index in [0.29, 0.717) is 36.3 Å². The van der Waals surface area contributed by atoms with Crippen LogP contribution in [0.15, 0.2) is 55.2 Å². The Bertz CT molecular complexity index is 1230. The third-order valence-electron chi connectivity index (χ3n) is 5.90. The van der Waals surface area contributed by atoms with Gasteiger partial charge in [0, 0.05) is 36.1 Å². The minimum absolute atomic E-state index is 0.210. The first-order chi connectivity index (χ1) is 15.3. The van der Waals surface area contributed by atoms with Crippen molar-refractivity contribution in [1.82, 2.24) is 19.5 Å². The molecule has 1 fully saturated rings. The zero-order chi connectivity index (χ0) is 20.8. The number of nitrogens with zero attached hydrogens (tertiary/aromatic N) is 4. The molecule has 0 spiro atoms. The topological polar surface area (TPSA) is 71.3 Å². The van der Waals surface area contributed by atoms with Gasteiger partial charge in [-0.2, -0.15) is 0 Å². The number of pyridine rings is 2. The van der Waals surface area contributed by atoms with Crippen molar-refractivity contribution in [2.45, 2.75) is 31.4 Å². The van der Waals surface area contributed by atoms with E-state index in [9.17, 15) is 0 Å². The number of imidazole rings is 1. The van der Waals surface area contributed by atoms with E-state index in [1.165, 1.54) is 18.5 Å². The Morgan fingerprint density at radius 1 is 1.13 bits per heavy atom. The predicted molar refractivity (Wildman–Crippen MR) is 115 cm³/mol. The SMILES string of the molecule is COc1cc(Cn2cnc3cnccc32)cc2c1OC(c1ccc(C3CC3)nc1)CO2. The van der Waals surface area contributed by atoms with Crippen LogP contribution in [0.5, 0.6) is 17.2 Å². The third kappa shape index (κ3) is 3.36. The number of benzene rings is 1. The van der Waals surface area contributed by atoms with Crippen LogP contribution in [0.2, 0.25) is 0 Å². The molecule has 1 unspecified atom stereocenters. The molecule has 1 aromatic carbocycles. The molecule has 6 rings (SSSR count). The van der Waals surface area contributed by atoms with Gasteiger partial charge in [0.1, 0.15) is 12.1 Å². The molecule has 1 aliphatic heterocycles. The Kier molecular flexibility index (Phi) is 4.26. The second kappa shape index (κ2) is 7.27. The van der Waals surface area contributed by atoms with Crippen LogP contribution >= 0.6 is 0 Å². The van der Waals surface area contributed by atoms with Crippen molar-refractivity contribution in [3.63, 3.8) is 0 Å². The number of methoxy groups -OCH3 is 1. The molecule has 4 heterocycles. The van der Waals surface area contributed by atoms with Gasteiger partial charge in [0.2, 0.25) is 5.75 Å². The number of hydrogen-bond donors (Lipinski definition) is 0. The second-order valence-electron chi connectivity index (χ2n) is 8.07. The zero-order valence-corrected chi connectivity index (χ0v) is 17.2. The predicted octanol–water partition coefficient (Wildman–Crippen LogP) is 4.27. The summed E-state index contributed by atoms with van der Waals surface area (Å²) in [5.41, 5.74) is 5.14. The van der Waals surface area contributed by atoms with Gasteiger partial charge in [-0.3, -0.25) is 9.97 Å². The molecule has 0 N–H and O–H groups in total. The van der Waals surface area contributed by atoms with Gasteiger partial charge in [-0.25, -0.2) is 4.98 Å². The van der Waals surface area contributed by atoms with E-state index in [-0.39, 0.29) is 6.10 Å². The minimum atomic E-state index is -0.210. The quantitative estimate of drug-likeness (QED) is 0.486. The molecule has 0 radical (unpaired) electrons. The maximum absolute atomic E-state index is 6.30. The lowest BCUT2D eigenvalue weighted by Crippen LogP contribution is -2.22. The van der Waals surface area contributed by atoms with Crippen LogP contribution in [0.4, 0.5) is 0 Å². The summed E-state index contributed by atoms with van der Waals surface area (Å²) < 4.78 is 20.1. The second-order valence-corrected chi connectivity index (χ2v) is 8.07. The molecule has 2 aliphatic rings. The molecule has 4 aromatic rings. The number of aromatic nitrogens is 4. The minimum Gasteiger partial charge on any atom is -0.493 e. The number of rotatable bonds is 5. The van der Waals surface area contributed by atoms with E-state index in [2.05, 4.69) is 31.7 Å². The van der Waals surface area contributed by atoms with Crippen molar-refractivity contribution in [2.75, 3.05) is 13.7 Å². The Labute approximate surface area is 179 Å². The monoisotopic (exact) mass is 414 g/mol. The highest BCUT2D eigenvalue weighted by Gasteiger charge is 2.28. The summed E-state index contributed by atoms with van der Waals surface area (Å²) in [7, 11) is 1.65. The van der Waals surface area contributed by atoms with Crippen LogP contribution in [0, 0.1) is 0 Å². The first-order valence-electron chi connectivity index (χ1n) is 10.5. The molecule has 1 saturated carbocycles. The summed E-state index contributed by atoms with van der Waals surface area (Å²) in [5.74, 6) is 2.62. The highest BCUT2D eigenvalue weighted by molar-refractivity contribution is 5.73. The molecule has 0 saturated heterocycles. The van der Waals surface area contributed by atoms with Gasteiger partial charge >= 0.3 is 0 Å². The summed E-state index contributed by atoms with van der Waals surface area (Å²) in [5, 5.41) is 0. The maximum atomic E-state index is 6.30. The van der Waals surface area contributed by atoms with E-state index in [1.54, 1.807) is 19.5 Å². The first-order valence-corrected chi connectivity index (χ1v) is 10.5. The van der Waals surface area contributed by atoms with Crippen LogP contribution < -0.4 is 14.2 Å². The summed E-state index contributed by atoms with van der Waals surface area (Å²) in [4.78, 5) is 13.2. The average molecular weight is 414 g/mol. The lowest BCUT2D eigenvalue weighted by Gasteiger charge is -2.28. The highest BCUT2D eigenvalue weighted by atomic mass is 16.6. The fourth-order valence-electron chi connectivity index (χ4n) is 4.07. The van der Waals surface area contributed by atoms with Gasteiger partial charge < -0.3 is 18.8 Å². The largest absolute Gasteiger partial charge is 0.493 e. The van der Waals surface area contributed by atoms with Gasteiger partial charge in [0.05, 0.1) is 25.2 Å². The lowest BCUT2D eigenvalue weighted by molar-refractivity contribution is 0.0867. The molecular weight excluding hydrogens is 392 g/mol. The van der Waals surface area contributed by atoms with Crippen molar-refractivity contribution in [2.24, 2.45) is 0 Å². The van der Waals surface area contributed by atoms with E-state index in [1.807, 2.05) is 30.7 Å². The van der Waals surface area contributed by atoms with Crippen molar-refractivity contribution in [3.05, 3.63) is 72.1 Å². The molecule has 3 aromatic heterocycles. The molecule has 31 heavy (non-hydrogen) atoms. The molecule has 7 nitrogen and oxygen atoms in total. The van der Waals surface area contributed by atoms with Gasteiger partial charge in [-0.15, -0.1) is 0 Å². The molecule has 7 heteroatoms. The molecule has 0 amide bonds. The summed E-state index contributed by atoms with van der Waals surface area (Å²) in [6, 6.07) is 10.2. The maximum Gasteiger partial charge on any atom is 0.204 e. The fourth-order valence-corrected chi connectivity index (χ4v) is 4.07. The first kappa shape index (κ1) is 18.2. The van der Waals surface area contributed by atoms with Crippen LogP contribution in [0.1, 0.15) is 41.7 Å². The third-order valence-corrected chi connectivity index (χ3v) is 5.90. The number of ether oxygens (including phenoxy) is 3. The van der Waals surface area contributed by atoms with Crippen LogP contribution in [-0.4, -0.2) is 33.2 Å². The van der Waals surface area contributed by atoms with Crippen molar-refractivity contribution in [3.8, 4) is 17.2 Å². The van der Waals surface area contributed by atoms with Gasteiger partial charge in [0.15, 0.2) is 17.6 Å². The Morgan fingerprint density at radius 2 is 2.06 bits per heavy atom. The van der Waals surface area contributed by atoms with E-state index in [4.69, 9.17) is 14.2 Å². The van der Waals surface area contributed by atoms with Crippen molar-refractivity contribution in [1.29, 1.82) is 0 Å². The molecule has 0 bridgehead atoms. The van der Waals surface area contributed by atoms with E-state index >= 15 is 0 Å². The summed E-state index contributed by atoms with van der Waals surface area (Å²) in [6.07, 6.45) is 9.55. The zero-order valence-electron chi connectivity index (χ0n) is 17.2. The average Bonchev–Trinajstić information content (AvgIpc) is 3.60. The lowest BCUT2D eigenvalue weighted by atomic mass is 10.1. The highest BCUT2D eigenvalue weighted by Crippen LogP contribution is 2.45. The van der Waals surface area contributed by atoms with E-state index in [0.717, 1.165) is 22.2 Å². The fraction of sp³-hybridized carbons (Fsp3) is 0.292. The Balaban J connectivity index is 1.27. The van der Waals surface area contributed by atoms with Gasteiger partial charge in [0.25, 0.3) is 0 Å².